The Hall–Kier alpha value is -3.08. The molecule has 3 rings (SSSR count). The zero-order chi connectivity index (χ0) is 17.1. The van der Waals surface area contributed by atoms with E-state index in [-0.39, 0.29) is 5.91 Å². The van der Waals surface area contributed by atoms with Gasteiger partial charge >= 0.3 is 5.97 Å². The van der Waals surface area contributed by atoms with Crippen LogP contribution >= 0.6 is 0 Å². The maximum absolute atomic E-state index is 12.7. The molecule has 122 valence electrons. The standard InChI is InChI=1S/C19H17NO4/c1-2-20-16-9-5-4-8-14(16)15(19(20)23)11-13-7-3-6-10-17(13)24-12-18(21)22/h3-11H,2,12H2,1H3,(H,21,22)/b15-11-. The molecule has 0 aliphatic carbocycles. The average molecular weight is 323 g/mol. The molecular weight excluding hydrogens is 306 g/mol. The number of aliphatic carboxylic acids is 1. The van der Waals surface area contributed by atoms with Crippen LogP contribution < -0.4 is 9.64 Å². The number of carboxylic acids is 1. The third-order valence-corrected chi connectivity index (χ3v) is 3.85. The summed E-state index contributed by atoms with van der Waals surface area (Å²) in [4.78, 5) is 25.1. The lowest BCUT2D eigenvalue weighted by molar-refractivity contribution is -0.139. The number of benzene rings is 2. The number of hydrogen-bond donors (Lipinski definition) is 1. The fraction of sp³-hybridized carbons (Fsp3) is 0.158. The van der Waals surface area contributed by atoms with Gasteiger partial charge in [0.15, 0.2) is 6.61 Å². The van der Waals surface area contributed by atoms with E-state index in [4.69, 9.17) is 9.84 Å². The molecule has 1 heterocycles. The predicted molar refractivity (Wildman–Crippen MR) is 91.9 cm³/mol. The summed E-state index contributed by atoms with van der Waals surface area (Å²) in [6.07, 6.45) is 1.76. The molecule has 0 saturated carbocycles. The van der Waals surface area contributed by atoms with Gasteiger partial charge in [-0.2, -0.15) is 0 Å². The largest absolute Gasteiger partial charge is 0.481 e. The predicted octanol–water partition coefficient (Wildman–Crippen LogP) is 3.06. The quantitative estimate of drug-likeness (QED) is 0.859. The number of rotatable bonds is 5. The summed E-state index contributed by atoms with van der Waals surface area (Å²) in [5.74, 6) is -0.670. The molecule has 0 saturated heterocycles. The number of carboxylic acid groups (broad SMARTS) is 1. The van der Waals surface area contributed by atoms with Crippen molar-refractivity contribution in [2.75, 3.05) is 18.1 Å². The number of nitrogens with zero attached hydrogens (tertiary/aromatic N) is 1. The van der Waals surface area contributed by atoms with Crippen LogP contribution in [-0.2, 0) is 9.59 Å². The number of likely N-dealkylation sites (N-methyl/N-ethyl adjacent to an activating group) is 1. The maximum Gasteiger partial charge on any atom is 0.341 e. The van der Waals surface area contributed by atoms with Gasteiger partial charge in [0.2, 0.25) is 0 Å². The Kier molecular flexibility index (Phi) is 4.33. The molecule has 1 amide bonds. The van der Waals surface area contributed by atoms with Gasteiger partial charge in [-0.25, -0.2) is 4.79 Å². The molecule has 5 heteroatoms. The van der Waals surface area contributed by atoms with Gasteiger partial charge in [-0.15, -0.1) is 0 Å². The Morgan fingerprint density at radius 3 is 2.62 bits per heavy atom. The van der Waals surface area contributed by atoms with Crippen LogP contribution in [0.15, 0.2) is 48.5 Å². The van der Waals surface area contributed by atoms with Crippen molar-refractivity contribution in [3.05, 3.63) is 59.7 Å². The molecule has 0 aromatic heterocycles. The van der Waals surface area contributed by atoms with E-state index < -0.39 is 12.6 Å². The van der Waals surface area contributed by atoms with Gasteiger partial charge in [0.05, 0.1) is 5.69 Å². The van der Waals surface area contributed by atoms with Gasteiger partial charge < -0.3 is 14.7 Å². The maximum atomic E-state index is 12.7. The van der Waals surface area contributed by atoms with Crippen LogP contribution in [0.5, 0.6) is 5.75 Å². The minimum absolute atomic E-state index is 0.0632. The van der Waals surface area contributed by atoms with Crippen molar-refractivity contribution >= 4 is 29.2 Å². The molecule has 0 bridgehead atoms. The highest BCUT2D eigenvalue weighted by Gasteiger charge is 2.30. The van der Waals surface area contributed by atoms with E-state index in [2.05, 4.69) is 0 Å². The fourth-order valence-electron chi connectivity index (χ4n) is 2.79. The average Bonchev–Trinajstić information content (AvgIpc) is 2.85. The summed E-state index contributed by atoms with van der Waals surface area (Å²) in [7, 11) is 0. The number of anilines is 1. The molecule has 1 aliphatic heterocycles. The van der Waals surface area contributed by atoms with Crippen molar-refractivity contribution in [2.24, 2.45) is 0 Å². The normalized spacial score (nSPS) is 14.8. The Bertz CT molecular complexity index is 826. The summed E-state index contributed by atoms with van der Waals surface area (Å²) in [5, 5.41) is 8.79. The topological polar surface area (TPSA) is 66.8 Å². The molecule has 0 radical (unpaired) electrons. The summed E-state index contributed by atoms with van der Waals surface area (Å²) >= 11 is 0. The number of amides is 1. The SMILES string of the molecule is CCN1C(=O)/C(=C\c2ccccc2OCC(=O)O)c2ccccc21. The third kappa shape index (κ3) is 2.88. The first-order valence-corrected chi connectivity index (χ1v) is 7.68. The van der Waals surface area contributed by atoms with Crippen molar-refractivity contribution in [3.8, 4) is 5.75 Å². The Morgan fingerprint density at radius 1 is 1.17 bits per heavy atom. The number of hydrogen-bond acceptors (Lipinski definition) is 3. The van der Waals surface area contributed by atoms with Gasteiger partial charge in [0.25, 0.3) is 5.91 Å². The molecule has 2 aromatic rings. The summed E-state index contributed by atoms with van der Waals surface area (Å²) in [6, 6.07) is 14.7. The molecule has 24 heavy (non-hydrogen) atoms. The molecule has 1 N–H and O–H groups in total. The monoisotopic (exact) mass is 323 g/mol. The van der Waals surface area contributed by atoms with Crippen LogP contribution in [0, 0.1) is 0 Å². The second-order valence-electron chi connectivity index (χ2n) is 5.34. The molecule has 2 aromatic carbocycles. The molecule has 0 atom stereocenters. The lowest BCUT2D eigenvalue weighted by Crippen LogP contribution is -2.25. The van der Waals surface area contributed by atoms with Crippen molar-refractivity contribution in [1.82, 2.24) is 0 Å². The first kappa shape index (κ1) is 15.8. The number of ether oxygens (including phenoxy) is 1. The summed E-state index contributed by atoms with van der Waals surface area (Å²) in [6.45, 7) is 2.09. The van der Waals surface area contributed by atoms with E-state index >= 15 is 0 Å². The van der Waals surface area contributed by atoms with E-state index in [1.165, 1.54) is 0 Å². The van der Waals surface area contributed by atoms with E-state index in [9.17, 15) is 9.59 Å². The van der Waals surface area contributed by atoms with Crippen LogP contribution in [-0.4, -0.2) is 30.1 Å². The lowest BCUT2D eigenvalue weighted by Gasteiger charge is -2.13. The minimum atomic E-state index is -1.04. The second kappa shape index (κ2) is 6.58. The van der Waals surface area contributed by atoms with Crippen LogP contribution in [0.4, 0.5) is 5.69 Å². The van der Waals surface area contributed by atoms with E-state index in [0.29, 0.717) is 23.4 Å². The Labute approximate surface area is 139 Å². The number of carbonyl (C=O) groups excluding carboxylic acids is 1. The molecule has 0 spiro atoms. The van der Waals surface area contributed by atoms with Crippen LogP contribution in [0.1, 0.15) is 18.1 Å². The molecule has 0 unspecified atom stereocenters. The number of para-hydroxylation sites is 2. The van der Waals surface area contributed by atoms with Crippen molar-refractivity contribution in [1.29, 1.82) is 0 Å². The second-order valence-corrected chi connectivity index (χ2v) is 5.34. The highest BCUT2D eigenvalue weighted by Crippen LogP contribution is 2.38. The highest BCUT2D eigenvalue weighted by atomic mass is 16.5. The summed E-state index contributed by atoms with van der Waals surface area (Å²) < 4.78 is 5.32. The van der Waals surface area contributed by atoms with Crippen molar-refractivity contribution < 1.29 is 19.4 Å². The van der Waals surface area contributed by atoms with Gasteiger partial charge in [-0.3, -0.25) is 4.79 Å². The minimum Gasteiger partial charge on any atom is -0.481 e. The van der Waals surface area contributed by atoms with E-state index in [1.807, 2.05) is 37.3 Å². The van der Waals surface area contributed by atoms with Crippen LogP contribution in [0.25, 0.3) is 11.6 Å². The first-order chi connectivity index (χ1) is 11.6. The van der Waals surface area contributed by atoms with E-state index in [0.717, 1.165) is 11.3 Å². The van der Waals surface area contributed by atoms with Crippen LogP contribution in [0.2, 0.25) is 0 Å². The molecule has 5 nitrogen and oxygen atoms in total. The first-order valence-electron chi connectivity index (χ1n) is 7.68. The highest BCUT2D eigenvalue weighted by molar-refractivity contribution is 6.35. The van der Waals surface area contributed by atoms with Gasteiger partial charge in [-0.1, -0.05) is 36.4 Å². The van der Waals surface area contributed by atoms with Gasteiger partial charge in [0.1, 0.15) is 5.75 Å². The fourth-order valence-corrected chi connectivity index (χ4v) is 2.79. The lowest BCUT2D eigenvalue weighted by atomic mass is 10.0. The zero-order valence-electron chi connectivity index (χ0n) is 13.2. The van der Waals surface area contributed by atoms with Crippen molar-refractivity contribution in [3.63, 3.8) is 0 Å². The number of fused-ring (bicyclic) bond motifs is 1. The third-order valence-electron chi connectivity index (χ3n) is 3.85. The zero-order valence-corrected chi connectivity index (χ0v) is 13.2. The molecule has 0 fully saturated rings. The number of carbonyl (C=O) groups is 2. The van der Waals surface area contributed by atoms with Gasteiger partial charge in [0, 0.05) is 23.2 Å². The Balaban J connectivity index is 2.03. The summed E-state index contributed by atoms with van der Waals surface area (Å²) in [5.41, 5.74) is 3.02. The smallest absolute Gasteiger partial charge is 0.341 e. The van der Waals surface area contributed by atoms with Crippen LogP contribution in [0.3, 0.4) is 0 Å². The molecule has 1 aliphatic rings. The van der Waals surface area contributed by atoms with Gasteiger partial charge in [-0.05, 0) is 25.1 Å². The van der Waals surface area contributed by atoms with Crippen molar-refractivity contribution in [2.45, 2.75) is 6.92 Å². The van der Waals surface area contributed by atoms with E-state index in [1.54, 1.807) is 29.2 Å². The Morgan fingerprint density at radius 2 is 1.88 bits per heavy atom. The molecular formula is C19H17NO4.